The largest absolute Gasteiger partial charge is 0.464 e. The molecule has 0 radical (unpaired) electrons. The number of rotatable bonds is 9. The molecule has 0 aliphatic carbocycles. The van der Waals surface area contributed by atoms with Crippen LogP contribution >= 0.6 is 0 Å². The van der Waals surface area contributed by atoms with Gasteiger partial charge in [0.25, 0.3) is 0 Å². The molecular weight excluding hydrogens is 268 g/mol. The second-order valence-electron chi connectivity index (χ2n) is 5.06. The molecule has 118 valence electrons. The van der Waals surface area contributed by atoms with Crippen LogP contribution in [0.1, 0.15) is 33.1 Å². The van der Waals surface area contributed by atoms with Crippen molar-refractivity contribution in [2.75, 3.05) is 50.0 Å². The maximum Gasteiger partial charge on any atom is 0.323 e. The van der Waals surface area contributed by atoms with Gasteiger partial charge >= 0.3 is 6.01 Å². The molecule has 1 fully saturated rings. The number of hydrogen-bond acceptors (Lipinski definition) is 7. The zero-order valence-electron chi connectivity index (χ0n) is 13.1. The number of nitrogens with zero attached hydrogens (tertiary/aromatic N) is 4. The highest BCUT2D eigenvalue weighted by molar-refractivity contribution is 5.35. The SMILES string of the molecule is CCNc1nc(NCCCN2CCCC2)nc(OCC)n1. The van der Waals surface area contributed by atoms with Crippen molar-refractivity contribution in [3.05, 3.63) is 0 Å². The van der Waals surface area contributed by atoms with Crippen LogP contribution in [0.4, 0.5) is 11.9 Å². The maximum atomic E-state index is 5.37. The van der Waals surface area contributed by atoms with Gasteiger partial charge < -0.3 is 20.3 Å². The molecule has 2 rings (SSSR count). The number of hydrogen-bond donors (Lipinski definition) is 2. The van der Waals surface area contributed by atoms with Crippen LogP contribution in [-0.2, 0) is 0 Å². The summed E-state index contributed by atoms with van der Waals surface area (Å²) in [6.07, 6.45) is 3.77. The van der Waals surface area contributed by atoms with E-state index in [4.69, 9.17) is 4.74 Å². The van der Waals surface area contributed by atoms with Crippen LogP contribution in [-0.4, -0.2) is 59.2 Å². The first kappa shape index (κ1) is 15.8. The Morgan fingerprint density at radius 2 is 1.76 bits per heavy atom. The van der Waals surface area contributed by atoms with Crippen LogP contribution in [0.3, 0.4) is 0 Å². The third-order valence-electron chi connectivity index (χ3n) is 3.36. The Labute approximate surface area is 126 Å². The van der Waals surface area contributed by atoms with Gasteiger partial charge in [0.1, 0.15) is 0 Å². The van der Waals surface area contributed by atoms with Gasteiger partial charge in [-0.1, -0.05) is 0 Å². The summed E-state index contributed by atoms with van der Waals surface area (Å²) in [5, 5.41) is 6.35. The molecule has 2 heterocycles. The Kier molecular flexibility index (Phi) is 6.46. The minimum atomic E-state index is 0.366. The standard InChI is InChI=1S/C14H26N6O/c1-3-15-12-17-13(19-14(18-12)21-4-2)16-8-7-11-20-9-5-6-10-20/h3-11H2,1-2H3,(H2,15,16,17,18,19). The number of nitrogens with one attached hydrogen (secondary N) is 2. The van der Waals surface area contributed by atoms with Crippen LogP contribution < -0.4 is 15.4 Å². The third kappa shape index (κ3) is 5.34. The topological polar surface area (TPSA) is 75.2 Å². The Hall–Kier alpha value is -1.63. The van der Waals surface area contributed by atoms with Gasteiger partial charge in [-0.05, 0) is 52.7 Å². The second-order valence-corrected chi connectivity index (χ2v) is 5.06. The fourth-order valence-corrected chi connectivity index (χ4v) is 2.38. The van der Waals surface area contributed by atoms with Crippen molar-refractivity contribution in [2.45, 2.75) is 33.1 Å². The molecule has 0 aromatic carbocycles. The van der Waals surface area contributed by atoms with E-state index in [2.05, 4.69) is 30.5 Å². The van der Waals surface area contributed by atoms with E-state index >= 15 is 0 Å². The second kappa shape index (κ2) is 8.61. The van der Waals surface area contributed by atoms with E-state index in [-0.39, 0.29) is 0 Å². The van der Waals surface area contributed by atoms with Crippen molar-refractivity contribution in [3.8, 4) is 6.01 Å². The minimum Gasteiger partial charge on any atom is -0.464 e. The summed E-state index contributed by atoms with van der Waals surface area (Å²) in [6, 6.07) is 0.366. The fraction of sp³-hybridized carbons (Fsp3) is 0.786. The fourth-order valence-electron chi connectivity index (χ4n) is 2.38. The monoisotopic (exact) mass is 294 g/mol. The molecule has 7 nitrogen and oxygen atoms in total. The van der Waals surface area contributed by atoms with Crippen LogP contribution in [0.25, 0.3) is 0 Å². The summed E-state index contributed by atoms with van der Waals surface area (Å²) in [5.74, 6) is 1.13. The van der Waals surface area contributed by atoms with Gasteiger partial charge in [-0.3, -0.25) is 0 Å². The van der Waals surface area contributed by atoms with Crippen molar-refractivity contribution in [2.24, 2.45) is 0 Å². The lowest BCUT2D eigenvalue weighted by molar-refractivity contribution is 0.312. The van der Waals surface area contributed by atoms with Gasteiger partial charge in [0.05, 0.1) is 6.61 Å². The van der Waals surface area contributed by atoms with E-state index < -0.39 is 0 Å². The van der Waals surface area contributed by atoms with Crippen molar-refractivity contribution < 1.29 is 4.74 Å². The molecule has 1 aromatic heterocycles. The summed E-state index contributed by atoms with van der Waals surface area (Å²) in [5.41, 5.74) is 0. The minimum absolute atomic E-state index is 0.366. The van der Waals surface area contributed by atoms with Crippen molar-refractivity contribution >= 4 is 11.9 Å². The Morgan fingerprint density at radius 1 is 1.05 bits per heavy atom. The molecule has 1 aromatic rings. The number of anilines is 2. The first-order valence-electron chi connectivity index (χ1n) is 7.90. The van der Waals surface area contributed by atoms with E-state index in [9.17, 15) is 0 Å². The van der Waals surface area contributed by atoms with E-state index in [1.165, 1.54) is 25.9 Å². The number of likely N-dealkylation sites (tertiary alicyclic amines) is 1. The Morgan fingerprint density at radius 3 is 2.43 bits per heavy atom. The molecule has 1 aliphatic rings. The molecule has 7 heteroatoms. The van der Waals surface area contributed by atoms with E-state index in [1.54, 1.807) is 0 Å². The summed E-state index contributed by atoms with van der Waals surface area (Å²) in [4.78, 5) is 15.3. The highest BCUT2D eigenvalue weighted by atomic mass is 16.5. The van der Waals surface area contributed by atoms with Crippen molar-refractivity contribution in [1.29, 1.82) is 0 Å². The summed E-state index contributed by atoms with van der Waals surface area (Å²) in [6.45, 7) is 9.71. The molecule has 2 N–H and O–H groups in total. The molecule has 0 atom stereocenters. The predicted molar refractivity (Wildman–Crippen MR) is 83.9 cm³/mol. The van der Waals surface area contributed by atoms with Gasteiger partial charge in [0.2, 0.25) is 11.9 Å². The lowest BCUT2D eigenvalue weighted by atomic mass is 10.4. The first-order chi connectivity index (χ1) is 10.3. The molecule has 0 bridgehead atoms. The number of ether oxygens (including phenoxy) is 1. The van der Waals surface area contributed by atoms with E-state index in [1.807, 2.05) is 13.8 Å². The molecule has 0 amide bonds. The van der Waals surface area contributed by atoms with Gasteiger partial charge in [-0.2, -0.15) is 15.0 Å². The average Bonchev–Trinajstić information content (AvgIpc) is 2.97. The molecule has 1 saturated heterocycles. The van der Waals surface area contributed by atoms with Crippen molar-refractivity contribution in [1.82, 2.24) is 19.9 Å². The van der Waals surface area contributed by atoms with Crippen LogP contribution in [0, 0.1) is 0 Å². The third-order valence-corrected chi connectivity index (χ3v) is 3.36. The quantitative estimate of drug-likeness (QED) is 0.670. The summed E-state index contributed by atoms with van der Waals surface area (Å²) >= 11 is 0. The predicted octanol–water partition coefficient (Wildman–Crippen LogP) is 1.60. The maximum absolute atomic E-state index is 5.37. The van der Waals surface area contributed by atoms with Gasteiger partial charge in [-0.25, -0.2) is 0 Å². The molecule has 0 spiro atoms. The van der Waals surface area contributed by atoms with Gasteiger partial charge in [0, 0.05) is 13.1 Å². The van der Waals surface area contributed by atoms with E-state index in [0.717, 1.165) is 26.1 Å². The zero-order valence-corrected chi connectivity index (χ0v) is 13.1. The average molecular weight is 294 g/mol. The van der Waals surface area contributed by atoms with Crippen LogP contribution in [0.5, 0.6) is 6.01 Å². The highest BCUT2D eigenvalue weighted by Gasteiger charge is 2.11. The van der Waals surface area contributed by atoms with Crippen LogP contribution in [0.15, 0.2) is 0 Å². The zero-order chi connectivity index (χ0) is 14.9. The molecule has 0 unspecified atom stereocenters. The normalized spacial score (nSPS) is 15.1. The molecule has 0 saturated carbocycles. The smallest absolute Gasteiger partial charge is 0.323 e. The summed E-state index contributed by atoms with van der Waals surface area (Å²) < 4.78 is 5.37. The highest BCUT2D eigenvalue weighted by Crippen LogP contribution is 2.11. The summed E-state index contributed by atoms with van der Waals surface area (Å²) in [7, 11) is 0. The molecular formula is C14H26N6O. The Bertz CT molecular complexity index is 398. The molecule has 1 aliphatic heterocycles. The first-order valence-corrected chi connectivity index (χ1v) is 7.90. The van der Waals surface area contributed by atoms with Crippen LogP contribution in [0.2, 0.25) is 0 Å². The number of aromatic nitrogens is 3. The lowest BCUT2D eigenvalue weighted by Gasteiger charge is -2.14. The lowest BCUT2D eigenvalue weighted by Crippen LogP contribution is -2.22. The van der Waals surface area contributed by atoms with E-state index in [0.29, 0.717) is 24.5 Å². The van der Waals surface area contributed by atoms with Gasteiger partial charge in [0.15, 0.2) is 0 Å². The Balaban J connectivity index is 1.82. The van der Waals surface area contributed by atoms with Crippen molar-refractivity contribution in [3.63, 3.8) is 0 Å². The van der Waals surface area contributed by atoms with Gasteiger partial charge in [-0.15, -0.1) is 0 Å². The molecule has 21 heavy (non-hydrogen) atoms.